The number of rotatable bonds is 18. The van der Waals surface area contributed by atoms with Crippen molar-refractivity contribution in [3.63, 3.8) is 0 Å². The smallest absolute Gasteiger partial charge is 0.408 e. The summed E-state index contributed by atoms with van der Waals surface area (Å²) in [4.78, 5) is 61.4. The van der Waals surface area contributed by atoms with Crippen molar-refractivity contribution in [1.29, 1.82) is 0 Å². The van der Waals surface area contributed by atoms with Gasteiger partial charge < -0.3 is 41.4 Å². The lowest BCUT2D eigenvalue weighted by atomic mass is 10.1. The highest BCUT2D eigenvalue weighted by Crippen LogP contribution is 2.10. The van der Waals surface area contributed by atoms with Crippen molar-refractivity contribution in [3.05, 3.63) is 0 Å². The van der Waals surface area contributed by atoms with Crippen LogP contribution in [0.1, 0.15) is 107 Å². The second-order valence-corrected chi connectivity index (χ2v) is 12.2. The minimum absolute atomic E-state index is 0.264. The maximum Gasteiger partial charge on any atom is 0.408 e. The van der Waals surface area contributed by atoms with Crippen molar-refractivity contribution >= 4 is 30.0 Å². The molecular weight excluding hydrogens is 544 g/mol. The van der Waals surface area contributed by atoms with Crippen molar-refractivity contribution in [1.82, 2.24) is 31.9 Å². The van der Waals surface area contributed by atoms with Crippen LogP contribution in [0.5, 0.6) is 0 Å². The fraction of sp³-hybridized carbons (Fsp3) is 0.828. The van der Waals surface area contributed by atoms with E-state index in [9.17, 15) is 24.0 Å². The van der Waals surface area contributed by atoms with Gasteiger partial charge in [0.2, 0.25) is 11.8 Å². The van der Waals surface area contributed by atoms with Crippen LogP contribution in [0.3, 0.4) is 0 Å². The monoisotopic (exact) mass is 600 g/mol. The van der Waals surface area contributed by atoms with Gasteiger partial charge in [0.15, 0.2) is 0 Å². The van der Waals surface area contributed by atoms with Gasteiger partial charge in [-0.15, -0.1) is 0 Å². The average molecular weight is 601 g/mol. The highest BCUT2D eigenvalue weighted by Gasteiger charge is 2.25. The van der Waals surface area contributed by atoms with Crippen LogP contribution in [-0.4, -0.2) is 79.5 Å². The predicted octanol–water partition coefficient (Wildman–Crippen LogP) is 3.47. The highest BCUT2D eigenvalue weighted by molar-refractivity contribution is 5.86. The van der Waals surface area contributed by atoms with Gasteiger partial charge in [0.05, 0.1) is 0 Å². The summed E-state index contributed by atoms with van der Waals surface area (Å²) in [6, 6.07) is -1.76. The summed E-state index contributed by atoms with van der Waals surface area (Å²) in [6.45, 7) is 16.2. The third kappa shape index (κ3) is 21.5. The van der Waals surface area contributed by atoms with Gasteiger partial charge >= 0.3 is 18.2 Å². The number of carbonyl (C=O) groups excluding carboxylic acids is 5. The van der Waals surface area contributed by atoms with E-state index in [1.165, 1.54) is 0 Å². The lowest BCUT2D eigenvalue weighted by molar-refractivity contribution is -0.124. The van der Waals surface area contributed by atoms with Gasteiger partial charge in [-0.3, -0.25) is 9.59 Å². The standard InChI is InChI=1S/C29H56N6O7/c1-9-17-30-23(36)21(34-26(39)41-28(3,4)5)15-11-13-19-32-25(38)33-20-14-12-16-22(24(37)31-18-10-2)35-27(40)42-29(6,7)8/h21-22H,9-20H2,1-8H3,(H,30,36)(H,31,37)(H,34,39)(H,35,40)(H2,32,33,38)/t21-,22-/m0/s1. The lowest BCUT2D eigenvalue weighted by Crippen LogP contribution is -2.48. The molecule has 6 amide bonds. The predicted molar refractivity (Wildman–Crippen MR) is 162 cm³/mol. The molecule has 0 rings (SSSR count). The van der Waals surface area contributed by atoms with Crippen LogP contribution in [0.4, 0.5) is 14.4 Å². The average Bonchev–Trinajstić information content (AvgIpc) is 2.86. The Kier molecular flexibility index (Phi) is 19.0. The summed E-state index contributed by atoms with van der Waals surface area (Å²) in [5.74, 6) is -0.528. The number of carbonyl (C=O) groups is 5. The molecule has 0 aliphatic heterocycles. The van der Waals surface area contributed by atoms with E-state index in [1.54, 1.807) is 41.5 Å². The van der Waals surface area contributed by atoms with Gasteiger partial charge in [-0.1, -0.05) is 13.8 Å². The van der Waals surface area contributed by atoms with Crippen LogP contribution < -0.4 is 31.9 Å². The summed E-state index contributed by atoms with van der Waals surface area (Å²) in [5.41, 5.74) is -1.35. The Bertz CT molecular complexity index is 773. The molecule has 0 spiro atoms. The summed E-state index contributed by atoms with van der Waals surface area (Å²) >= 11 is 0. The Morgan fingerprint density at radius 1 is 0.548 bits per heavy atom. The van der Waals surface area contributed by atoms with E-state index in [0.717, 1.165) is 12.8 Å². The molecule has 0 saturated carbocycles. The zero-order valence-corrected chi connectivity index (χ0v) is 27.0. The molecule has 0 fully saturated rings. The fourth-order valence-corrected chi connectivity index (χ4v) is 3.59. The Morgan fingerprint density at radius 2 is 0.905 bits per heavy atom. The maximum absolute atomic E-state index is 12.5. The SMILES string of the molecule is CCCNC(=O)[C@H](CCCCNC(=O)NCCCC[C@H](NC(=O)OC(C)(C)C)C(=O)NCCC)NC(=O)OC(C)(C)C. The molecular formula is C29H56N6O7. The van der Waals surface area contributed by atoms with E-state index in [2.05, 4.69) is 31.9 Å². The maximum atomic E-state index is 12.5. The van der Waals surface area contributed by atoms with E-state index >= 15 is 0 Å². The summed E-state index contributed by atoms with van der Waals surface area (Å²) in [7, 11) is 0. The van der Waals surface area contributed by atoms with Gasteiger partial charge in [-0.2, -0.15) is 0 Å². The molecule has 0 heterocycles. The van der Waals surface area contributed by atoms with Crippen LogP contribution >= 0.6 is 0 Å². The number of alkyl carbamates (subject to hydrolysis) is 2. The number of unbranched alkanes of at least 4 members (excludes halogenated alkanes) is 2. The number of amides is 6. The lowest BCUT2D eigenvalue weighted by Gasteiger charge is -2.23. The molecule has 2 atom stereocenters. The third-order valence-electron chi connectivity index (χ3n) is 5.52. The van der Waals surface area contributed by atoms with E-state index < -0.39 is 35.5 Å². The molecule has 0 unspecified atom stereocenters. The second-order valence-electron chi connectivity index (χ2n) is 12.2. The third-order valence-corrected chi connectivity index (χ3v) is 5.52. The minimum atomic E-state index is -0.724. The van der Waals surface area contributed by atoms with Crippen LogP contribution in [0.2, 0.25) is 0 Å². The van der Waals surface area contributed by atoms with Crippen LogP contribution in [0.25, 0.3) is 0 Å². The largest absolute Gasteiger partial charge is 0.444 e. The second kappa shape index (κ2) is 20.6. The van der Waals surface area contributed by atoms with Crippen molar-refractivity contribution in [3.8, 4) is 0 Å². The molecule has 42 heavy (non-hydrogen) atoms. The molecule has 0 aliphatic rings. The molecule has 13 nitrogen and oxygen atoms in total. The summed E-state index contributed by atoms with van der Waals surface area (Å²) < 4.78 is 10.5. The molecule has 13 heteroatoms. The van der Waals surface area contributed by atoms with Crippen molar-refractivity contribution in [2.24, 2.45) is 0 Å². The Hall–Kier alpha value is -3.25. The van der Waals surface area contributed by atoms with E-state index in [1.807, 2.05) is 13.8 Å². The van der Waals surface area contributed by atoms with Crippen LogP contribution in [0.15, 0.2) is 0 Å². The van der Waals surface area contributed by atoms with E-state index in [0.29, 0.717) is 64.7 Å². The minimum Gasteiger partial charge on any atom is -0.444 e. The molecule has 0 aromatic carbocycles. The number of nitrogens with one attached hydrogen (secondary N) is 6. The first-order valence-corrected chi connectivity index (χ1v) is 15.1. The molecule has 0 radical (unpaired) electrons. The number of hydrogen-bond donors (Lipinski definition) is 6. The number of ether oxygens (including phenoxy) is 2. The first-order valence-electron chi connectivity index (χ1n) is 15.1. The molecule has 0 aliphatic carbocycles. The summed E-state index contributed by atoms with van der Waals surface area (Å²) in [6.07, 6.45) is 3.51. The molecule has 0 aromatic rings. The van der Waals surface area contributed by atoms with Crippen molar-refractivity contribution in [2.45, 2.75) is 130 Å². The molecule has 244 valence electrons. The van der Waals surface area contributed by atoms with Gasteiger partial charge in [-0.05, 0) is 92.9 Å². The molecule has 0 aromatic heterocycles. The summed E-state index contributed by atoms with van der Waals surface area (Å²) in [5, 5.41) is 16.4. The van der Waals surface area contributed by atoms with Crippen molar-refractivity contribution in [2.75, 3.05) is 26.2 Å². The Balaban J connectivity index is 4.45. The fourth-order valence-electron chi connectivity index (χ4n) is 3.59. The number of urea groups is 1. The Labute approximate surface area is 251 Å². The van der Waals surface area contributed by atoms with E-state index in [-0.39, 0.29) is 17.8 Å². The topological polar surface area (TPSA) is 176 Å². The zero-order valence-electron chi connectivity index (χ0n) is 27.0. The molecule has 6 N–H and O–H groups in total. The first-order chi connectivity index (χ1) is 19.6. The van der Waals surface area contributed by atoms with E-state index in [4.69, 9.17) is 9.47 Å². The number of hydrogen-bond acceptors (Lipinski definition) is 7. The Morgan fingerprint density at radius 3 is 1.21 bits per heavy atom. The van der Waals surface area contributed by atoms with Gasteiger partial charge in [0.25, 0.3) is 0 Å². The highest BCUT2D eigenvalue weighted by atomic mass is 16.6. The van der Waals surface area contributed by atoms with Crippen LogP contribution in [-0.2, 0) is 19.1 Å². The molecule has 0 bridgehead atoms. The van der Waals surface area contributed by atoms with Gasteiger partial charge in [0.1, 0.15) is 23.3 Å². The quantitative estimate of drug-likeness (QED) is 0.131. The first kappa shape index (κ1) is 38.8. The van der Waals surface area contributed by atoms with Gasteiger partial charge in [0, 0.05) is 26.2 Å². The molecule has 0 saturated heterocycles. The normalized spacial score (nSPS) is 12.8. The van der Waals surface area contributed by atoms with Crippen molar-refractivity contribution < 1.29 is 33.4 Å². The van der Waals surface area contributed by atoms with Gasteiger partial charge in [-0.25, -0.2) is 14.4 Å². The van der Waals surface area contributed by atoms with Crippen LogP contribution in [0, 0.1) is 0 Å². The zero-order chi connectivity index (χ0) is 32.2.